The smallest absolute Gasteiger partial charge is 0.00179 e. The van der Waals surface area contributed by atoms with Gasteiger partial charge < -0.3 is 5.73 Å². The van der Waals surface area contributed by atoms with E-state index in [0.717, 1.165) is 12.5 Å². The third-order valence-electron chi connectivity index (χ3n) is 3.20. The van der Waals surface area contributed by atoms with Crippen LogP contribution in [0, 0.1) is 11.3 Å². The molecule has 2 saturated carbocycles. The van der Waals surface area contributed by atoms with Gasteiger partial charge in [0.15, 0.2) is 0 Å². The van der Waals surface area contributed by atoms with Gasteiger partial charge in [-0.25, -0.2) is 0 Å². The molecule has 2 heteroatoms. The third kappa shape index (κ3) is 1.06. The Kier molecular flexibility index (Phi) is 2.26. The van der Waals surface area contributed by atoms with E-state index in [9.17, 15) is 0 Å². The van der Waals surface area contributed by atoms with E-state index < -0.39 is 0 Å². The van der Waals surface area contributed by atoms with Gasteiger partial charge in [-0.1, -0.05) is 6.42 Å². The van der Waals surface area contributed by atoms with Crippen LogP contribution in [0.1, 0.15) is 32.1 Å². The summed E-state index contributed by atoms with van der Waals surface area (Å²) in [5.74, 6) is 1.04. The van der Waals surface area contributed by atoms with Crippen molar-refractivity contribution in [3.8, 4) is 0 Å². The number of rotatable bonds is 2. The van der Waals surface area contributed by atoms with E-state index in [0.29, 0.717) is 5.41 Å². The van der Waals surface area contributed by atoms with Gasteiger partial charge in [-0.15, -0.1) is 12.4 Å². The summed E-state index contributed by atoms with van der Waals surface area (Å²) < 4.78 is 0. The van der Waals surface area contributed by atoms with E-state index in [1.807, 2.05) is 0 Å². The van der Waals surface area contributed by atoms with Gasteiger partial charge in [-0.05, 0) is 43.6 Å². The van der Waals surface area contributed by atoms with Gasteiger partial charge in [0.2, 0.25) is 0 Å². The first-order chi connectivity index (χ1) is 4.37. The van der Waals surface area contributed by atoms with Crippen LogP contribution in [0.5, 0.6) is 0 Å². The Bertz CT molecular complexity index is 111. The van der Waals surface area contributed by atoms with Crippen LogP contribution in [-0.4, -0.2) is 6.54 Å². The average molecular weight is 162 g/mol. The van der Waals surface area contributed by atoms with E-state index in [1.165, 1.54) is 32.1 Å². The largest absolute Gasteiger partial charge is 0.330 e. The minimum absolute atomic E-state index is 0. The molecule has 0 aromatic heterocycles. The van der Waals surface area contributed by atoms with E-state index >= 15 is 0 Å². The molecule has 0 aromatic carbocycles. The molecular weight excluding hydrogens is 146 g/mol. The summed E-state index contributed by atoms with van der Waals surface area (Å²) in [7, 11) is 0. The lowest BCUT2D eigenvalue weighted by Gasteiger charge is -2.41. The van der Waals surface area contributed by atoms with Crippen LogP contribution in [0.2, 0.25) is 0 Å². The molecule has 2 fully saturated rings. The predicted molar refractivity (Wildman–Crippen MR) is 45.3 cm³/mol. The van der Waals surface area contributed by atoms with E-state index in [-0.39, 0.29) is 12.4 Å². The molecule has 10 heavy (non-hydrogen) atoms. The number of hydrogen-bond donors (Lipinski definition) is 1. The number of halogens is 1. The summed E-state index contributed by atoms with van der Waals surface area (Å²) in [5, 5.41) is 0. The second kappa shape index (κ2) is 2.71. The van der Waals surface area contributed by atoms with Gasteiger partial charge in [-0.2, -0.15) is 0 Å². The van der Waals surface area contributed by atoms with Gasteiger partial charge in [-0.3, -0.25) is 0 Å². The molecule has 0 bridgehead atoms. The predicted octanol–water partition coefficient (Wildman–Crippen LogP) is 1.95. The SMILES string of the molecule is Cl.NCC1(C2CC2)CCC1. The summed E-state index contributed by atoms with van der Waals surface area (Å²) in [6, 6.07) is 0. The van der Waals surface area contributed by atoms with Crippen molar-refractivity contribution in [3.05, 3.63) is 0 Å². The molecule has 0 aliphatic heterocycles. The lowest BCUT2D eigenvalue weighted by molar-refractivity contribution is 0.112. The molecule has 0 saturated heterocycles. The van der Waals surface area contributed by atoms with Gasteiger partial charge in [0, 0.05) is 0 Å². The maximum atomic E-state index is 5.71. The highest BCUT2D eigenvalue weighted by Crippen LogP contribution is 2.56. The van der Waals surface area contributed by atoms with Crippen LogP contribution in [0.15, 0.2) is 0 Å². The van der Waals surface area contributed by atoms with Crippen LogP contribution < -0.4 is 5.73 Å². The summed E-state index contributed by atoms with van der Waals surface area (Å²) in [5.41, 5.74) is 6.36. The van der Waals surface area contributed by atoms with Crippen LogP contribution in [-0.2, 0) is 0 Å². The summed E-state index contributed by atoms with van der Waals surface area (Å²) in [6.45, 7) is 0.956. The Morgan fingerprint density at radius 3 is 2.00 bits per heavy atom. The molecule has 1 nitrogen and oxygen atoms in total. The molecule has 2 aliphatic carbocycles. The molecule has 0 unspecified atom stereocenters. The molecular formula is C8H16ClN. The molecule has 60 valence electrons. The fourth-order valence-electron chi connectivity index (χ4n) is 2.11. The quantitative estimate of drug-likeness (QED) is 0.659. The first kappa shape index (κ1) is 8.35. The fourth-order valence-corrected chi connectivity index (χ4v) is 2.11. The average Bonchev–Trinajstić information content (AvgIpc) is 2.47. The van der Waals surface area contributed by atoms with Gasteiger partial charge in [0.25, 0.3) is 0 Å². The molecule has 2 rings (SSSR count). The molecule has 0 heterocycles. The molecule has 0 aromatic rings. The normalized spacial score (nSPS) is 28.5. The van der Waals surface area contributed by atoms with Gasteiger partial charge in [0.05, 0.1) is 0 Å². The lowest BCUT2D eigenvalue weighted by Crippen LogP contribution is -2.39. The van der Waals surface area contributed by atoms with Crippen molar-refractivity contribution < 1.29 is 0 Å². The highest BCUT2D eigenvalue weighted by atomic mass is 35.5. The van der Waals surface area contributed by atoms with E-state index in [2.05, 4.69) is 0 Å². The van der Waals surface area contributed by atoms with Crippen molar-refractivity contribution >= 4 is 12.4 Å². The highest BCUT2D eigenvalue weighted by molar-refractivity contribution is 5.85. The first-order valence-corrected chi connectivity index (χ1v) is 4.07. The Labute approximate surface area is 68.8 Å². The number of nitrogens with two attached hydrogens (primary N) is 1. The summed E-state index contributed by atoms with van der Waals surface area (Å²) >= 11 is 0. The second-order valence-electron chi connectivity index (χ2n) is 3.69. The second-order valence-corrected chi connectivity index (χ2v) is 3.69. The summed E-state index contributed by atoms with van der Waals surface area (Å²) in [4.78, 5) is 0. The molecule has 2 aliphatic rings. The van der Waals surface area contributed by atoms with Crippen molar-refractivity contribution in [1.82, 2.24) is 0 Å². The lowest BCUT2D eigenvalue weighted by atomic mass is 9.65. The van der Waals surface area contributed by atoms with Crippen molar-refractivity contribution in [1.29, 1.82) is 0 Å². The minimum Gasteiger partial charge on any atom is -0.330 e. The standard InChI is InChI=1S/C8H15N.ClH/c9-6-8(4-1-5-8)7-2-3-7;/h7H,1-6,9H2;1H. The maximum absolute atomic E-state index is 5.71. The minimum atomic E-state index is 0. The Morgan fingerprint density at radius 2 is 1.90 bits per heavy atom. The van der Waals surface area contributed by atoms with Gasteiger partial charge >= 0.3 is 0 Å². The molecule has 0 amide bonds. The monoisotopic (exact) mass is 161 g/mol. The Morgan fingerprint density at radius 1 is 1.30 bits per heavy atom. The van der Waals surface area contributed by atoms with Crippen LogP contribution in [0.4, 0.5) is 0 Å². The molecule has 0 radical (unpaired) electrons. The zero-order valence-corrected chi connectivity index (χ0v) is 7.12. The zero-order chi connectivity index (χ0) is 6.32. The first-order valence-electron chi connectivity index (χ1n) is 4.07. The van der Waals surface area contributed by atoms with Crippen molar-refractivity contribution in [3.63, 3.8) is 0 Å². The third-order valence-corrected chi connectivity index (χ3v) is 3.20. The molecule has 0 atom stereocenters. The topological polar surface area (TPSA) is 26.0 Å². The van der Waals surface area contributed by atoms with Crippen LogP contribution >= 0.6 is 12.4 Å². The van der Waals surface area contributed by atoms with Crippen molar-refractivity contribution in [2.24, 2.45) is 17.1 Å². The Balaban J connectivity index is 0.000000500. The molecule has 2 N–H and O–H groups in total. The van der Waals surface area contributed by atoms with Crippen LogP contribution in [0.3, 0.4) is 0 Å². The highest BCUT2D eigenvalue weighted by Gasteiger charge is 2.47. The van der Waals surface area contributed by atoms with Gasteiger partial charge in [0.1, 0.15) is 0 Å². The fraction of sp³-hybridized carbons (Fsp3) is 1.00. The summed E-state index contributed by atoms with van der Waals surface area (Å²) in [6.07, 6.45) is 7.23. The van der Waals surface area contributed by atoms with Crippen molar-refractivity contribution in [2.45, 2.75) is 32.1 Å². The van der Waals surface area contributed by atoms with Crippen molar-refractivity contribution in [2.75, 3.05) is 6.54 Å². The Hall–Kier alpha value is 0.250. The zero-order valence-electron chi connectivity index (χ0n) is 6.31. The molecule has 0 spiro atoms. The van der Waals surface area contributed by atoms with E-state index in [1.54, 1.807) is 0 Å². The number of hydrogen-bond acceptors (Lipinski definition) is 1. The van der Waals surface area contributed by atoms with Crippen LogP contribution in [0.25, 0.3) is 0 Å². The van der Waals surface area contributed by atoms with E-state index in [4.69, 9.17) is 5.73 Å². The maximum Gasteiger partial charge on any atom is -0.00179 e.